The molecule has 16 heteroatoms. The highest BCUT2D eigenvalue weighted by atomic mass is 19.1. The summed E-state index contributed by atoms with van der Waals surface area (Å²) in [4.78, 5) is 68.5. The molecule has 3 aromatic carbocycles. The molecule has 10 rings (SSSR count). The molecule has 0 saturated carbocycles. The smallest absolute Gasteiger partial charge is 0.265 e. The van der Waals surface area contributed by atoms with Crippen LogP contribution in [-0.2, 0) is 16.1 Å². The third-order valence-electron chi connectivity index (χ3n) is 13.7. The summed E-state index contributed by atoms with van der Waals surface area (Å²) in [7, 11) is 0. The molecule has 5 aromatic rings. The van der Waals surface area contributed by atoms with E-state index in [4.69, 9.17) is 9.72 Å². The van der Waals surface area contributed by atoms with E-state index < -0.39 is 23.9 Å². The Morgan fingerprint density at radius 3 is 2.41 bits per heavy atom. The molecule has 7 heterocycles. The van der Waals surface area contributed by atoms with Crippen molar-refractivity contribution in [2.24, 2.45) is 5.92 Å². The number of piperidine rings is 3. The molecule has 1 N–H and O–H groups in total. The van der Waals surface area contributed by atoms with E-state index in [1.165, 1.54) is 34.7 Å². The molecule has 2 aromatic heterocycles. The average Bonchev–Trinajstić information content (AvgIpc) is 3.89. The number of nitriles is 1. The molecule has 0 aliphatic carbocycles. The van der Waals surface area contributed by atoms with E-state index in [-0.39, 0.29) is 52.8 Å². The number of halogens is 2. The first kappa shape index (κ1) is 41.3. The summed E-state index contributed by atoms with van der Waals surface area (Å²) in [5.74, 6) is 0.132. The second kappa shape index (κ2) is 17.1. The molecular weight excluding hydrogens is 821 g/mol. The van der Waals surface area contributed by atoms with Gasteiger partial charge in [0.1, 0.15) is 41.7 Å². The number of hydrogen-bond acceptors (Lipinski definition) is 11. The molecule has 64 heavy (non-hydrogen) atoms. The van der Waals surface area contributed by atoms with Crippen molar-refractivity contribution in [3.05, 3.63) is 112 Å². The van der Waals surface area contributed by atoms with Gasteiger partial charge in [0.2, 0.25) is 11.8 Å². The molecule has 1 unspecified atom stereocenters. The Balaban J connectivity index is 0.731. The number of hydrogen-bond donors (Lipinski definition) is 1. The van der Waals surface area contributed by atoms with E-state index in [0.29, 0.717) is 60.2 Å². The van der Waals surface area contributed by atoms with Gasteiger partial charge in [0.05, 0.1) is 28.5 Å². The summed E-state index contributed by atoms with van der Waals surface area (Å²) in [5.41, 5.74) is 3.81. The van der Waals surface area contributed by atoms with E-state index >= 15 is 4.39 Å². The zero-order chi connectivity index (χ0) is 44.1. The van der Waals surface area contributed by atoms with Gasteiger partial charge in [0, 0.05) is 51.3 Å². The molecule has 4 saturated heterocycles. The summed E-state index contributed by atoms with van der Waals surface area (Å²) in [6.07, 6.45) is 7.19. The first-order valence-corrected chi connectivity index (χ1v) is 22.1. The van der Waals surface area contributed by atoms with Crippen LogP contribution in [0.5, 0.6) is 11.5 Å². The van der Waals surface area contributed by atoms with Crippen molar-refractivity contribution in [1.29, 1.82) is 5.26 Å². The topological polar surface area (TPSA) is 157 Å². The number of benzene rings is 3. The van der Waals surface area contributed by atoms with Crippen LogP contribution in [0.15, 0.2) is 78.0 Å². The van der Waals surface area contributed by atoms with Crippen LogP contribution in [0.25, 0.3) is 16.6 Å². The Hall–Kier alpha value is -6.73. The second-order valence-corrected chi connectivity index (χ2v) is 17.6. The molecule has 0 spiro atoms. The molecule has 2 atom stereocenters. The maximum Gasteiger partial charge on any atom is 0.265 e. The lowest BCUT2D eigenvalue weighted by atomic mass is 9.87. The number of amides is 3. The number of fused-ring (bicyclic) bond motifs is 2. The van der Waals surface area contributed by atoms with Crippen LogP contribution in [0.3, 0.4) is 0 Å². The average molecular weight is 868 g/mol. The third kappa shape index (κ3) is 7.93. The molecule has 3 amide bonds. The Kier molecular flexibility index (Phi) is 11.0. The number of carbonyl (C=O) groups is 3. The molecule has 5 aliphatic heterocycles. The highest BCUT2D eigenvalue weighted by Crippen LogP contribution is 2.38. The molecule has 4 fully saturated rings. The van der Waals surface area contributed by atoms with Crippen molar-refractivity contribution in [3.63, 3.8) is 0 Å². The first-order chi connectivity index (χ1) is 31.1. The van der Waals surface area contributed by atoms with E-state index in [1.807, 2.05) is 24.3 Å². The first-order valence-electron chi connectivity index (χ1n) is 22.1. The fourth-order valence-corrected chi connectivity index (χ4v) is 10.1. The van der Waals surface area contributed by atoms with Crippen LogP contribution in [0, 0.1) is 23.1 Å². The van der Waals surface area contributed by atoms with Crippen LogP contribution < -0.4 is 25.4 Å². The lowest BCUT2D eigenvalue weighted by molar-refractivity contribution is -0.136. The maximum absolute atomic E-state index is 15.1. The summed E-state index contributed by atoms with van der Waals surface area (Å²) < 4.78 is 36.4. The number of ether oxygens (including phenoxy) is 1. The van der Waals surface area contributed by atoms with Gasteiger partial charge >= 0.3 is 0 Å². The number of imide groups is 1. The van der Waals surface area contributed by atoms with Gasteiger partial charge in [0.25, 0.3) is 11.5 Å². The minimum atomic E-state index is -1.03. The molecule has 5 aliphatic rings. The number of pyridine rings is 1. The highest BCUT2D eigenvalue weighted by Gasteiger charge is 2.39. The van der Waals surface area contributed by atoms with Crippen LogP contribution in [0.2, 0.25) is 0 Å². The van der Waals surface area contributed by atoms with Crippen molar-refractivity contribution in [2.45, 2.75) is 69.6 Å². The number of rotatable bonds is 9. The predicted molar refractivity (Wildman–Crippen MR) is 234 cm³/mol. The van der Waals surface area contributed by atoms with E-state index in [2.05, 4.69) is 32.2 Å². The minimum absolute atomic E-state index is 0.0394. The zero-order valence-electron chi connectivity index (χ0n) is 35.2. The van der Waals surface area contributed by atoms with Gasteiger partial charge in [-0.2, -0.15) is 5.26 Å². The summed E-state index contributed by atoms with van der Waals surface area (Å²) >= 11 is 0. The summed E-state index contributed by atoms with van der Waals surface area (Å²) in [6.45, 7) is 5.75. The molecule has 0 radical (unpaired) electrons. The Bertz CT molecular complexity index is 2760. The number of anilines is 2. The lowest BCUT2D eigenvalue weighted by Gasteiger charge is -2.38. The van der Waals surface area contributed by atoms with Crippen molar-refractivity contribution in [3.8, 4) is 23.3 Å². The van der Waals surface area contributed by atoms with Gasteiger partial charge in [0.15, 0.2) is 11.6 Å². The number of nitrogens with one attached hydrogen (secondary N) is 1. The molecule has 328 valence electrons. The molecule has 14 nitrogen and oxygen atoms in total. The van der Waals surface area contributed by atoms with Gasteiger partial charge in [-0.3, -0.25) is 29.1 Å². The zero-order valence-corrected chi connectivity index (χ0v) is 35.2. The van der Waals surface area contributed by atoms with Gasteiger partial charge in [-0.05, 0) is 123 Å². The van der Waals surface area contributed by atoms with Crippen molar-refractivity contribution in [2.75, 3.05) is 55.6 Å². The molecular formula is C48H47F2N9O5. The minimum Gasteiger partial charge on any atom is -0.453 e. The van der Waals surface area contributed by atoms with E-state index in [9.17, 15) is 28.8 Å². The largest absolute Gasteiger partial charge is 0.453 e. The Morgan fingerprint density at radius 1 is 0.859 bits per heavy atom. The highest BCUT2D eigenvalue weighted by molar-refractivity contribution is 6.05. The standard InChI is InChI=1S/C48H47F2N9O5/c49-33-15-20-57(27-33)41-7-5-39(50)45(38(41)23-51)64-35-3-6-40-37(22-35)48(63)59(28-53-40)34-2-9-43(52-24-34)56-18-11-29(12-19-56)25-55-16-13-30(14-17-55)31-1-4-36-32(21-31)26-58(47(36)62)42-8-10-44(60)54-46(42)61/h1-7,9,21-22,24,28-30,33,42H,8,10-20,25-27H2,(H,54,60,61)/t33-,42?/m1/s1. The van der Waals surface area contributed by atoms with Crippen molar-refractivity contribution >= 4 is 40.1 Å². The molecule has 0 bridgehead atoms. The third-order valence-corrected chi connectivity index (χ3v) is 13.7. The SMILES string of the molecule is N#Cc1c(N2CC[C@@H](F)C2)ccc(F)c1Oc1ccc2ncn(-c3ccc(N4CCC(CN5CCC(c6ccc7c(c6)CN(C6CCC(=O)NC6=O)C7=O)CC5)CC4)nc3)c(=O)c2c1. The van der Waals surface area contributed by atoms with Gasteiger partial charge in [-0.15, -0.1) is 0 Å². The fraction of sp³-hybridized carbons (Fsp3) is 0.396. The number of likely N-dealkylation sites (tertiary alicyclic amines) is 1. The summed E-state index contributed by atoms with van der Waals surface area (Å²) in [5, 5.41) is 12.6. The van der Waals surface area contributed by atoms with Crippen LogP contribution in [0.4, 0.5) is 20.3 Å². The van der Waals surface area contributed by atoms with E-state index in [1.54, 1.807) is 28.1 Å². The van der Waals surface area contributed by atoms with Gasteiger partial charge < -0.3 is 24.3 Å². The second-order valence-electron chi connectivity index (χ2n) is 17.6. The normalized spacial score (nSPS) is 21.1. The number of nitrogens with zero attached hydrogens (tertiary/aromatic N) is 8. The number of carbonyl (C=O) groups excluding carboxylic acids is 3. The van der Waals surface area contributed by atoms with Crippen LogP contribution in [0.1, 0.15) is 77.9 Å². The summed E-state index contributed by atoms with van der Waals surface area (Å²) in [6, 6.07) is 18.6. The Morgan fingerprint density at radius 2 is 1.67 bits per heavy atom. The fourth-order valence-electron chi connectivity index (χ4n) is 10.1. The van der Waals surface area contributed by atoms with Crippen LogP contribution in [-0.4, -0.2) is 100 Å². The van der Waals surface area contributed by atoms with Gasteiger partial charge in [-0.1, -0.05) is 12.1 Å². The van der Waals surface area contributed by atoms with Crippen LogP contribution >= 0.6 is 0 Å². The van der Waals surface area contributed by atoms with Crippen molar-refractivity contribution in [1.82, 2.24) is 29.7 Å². The maximum atomic E-state index is 15.1. The monoisotopic (exact) mass is 867 g/mol. The van der Waals surface area contributed by atoms with Crippen molar-refractivity contribution < 1.29 is 27.9 Å². The van der Waals surface area contributed by atoms with E-state index in [0.717, 1.165) is 69.8 Å². The quantitative estimate of drug-likeness (QED) is 0.174. The Labute approximate surface area is 368 Å². The number of aromatic nitrogens is 3. The number of alkyl halides is 1. The lowest BCUT2D eigenvalue weighted by Crippen LogP contribution is -2.52. The predicted octanol–water partition coefficient (Wildman–Crippen LogP) is 5.99. The van der Waals surface area contributed by atoms with Gasteiger partial charge in [-0.25, -0.2) is 18.7 Å².